The van der Waals surface area contributed by atoms with Gasteiger partial charge in [-0.25, -0.2) is 4.98 Å². The van der Waals surface area contributed by atoms with Gasteiger partial charge >= 0.3 is 0 Å². The molecule has 0 amide bonds. The summed E-state index contributed by atoms with van der Waals surface area (Å²) in [6, 6.07) is 12.7. The Hall–Kier alpha value is -2.68. The van der Waals surface area contributed by atoms with Crippen LogP contribution in [-0.2, 0) is 12.8 Å². The molecule has 3 heteroatoms. The minimum absolute atomic E-state index is 0.0224. The largest absolute Gasteiger partial charge is 0.437 e. The minimum Gasteiger partial charge on any atom is -0.437 e. The van der Waals surface area contributed by atoms with E-state index in [4.69, 9.17) is 12.6 Å². The molecule has 1 unspecified atom stereocenters. The van der Waals surface area contributed by atoms with Crippen LogP contribution in [0.2, 0.25) is 0 Å². The van der Waals surface area contributed by atoms with Crippen LogP contribution in [0.3, 0.4) is 0 Å². The van der Waals surface area contributed by atoms with Crippen molar-refractivity contribution in [2.45, 2.75) is 33.5 Å². The molecular weight excluding hydrogens is 308 g/mol. The number of fused-ring (bicyclic) bond motifs is 3. The lowest BCUT2D eigenvalue weighted by atomic mass is 10.0. The van der Waals surface area contributed by atoms with E-state index in [1.807, 2.05) is 24.3 Å². The summed E-state index contributed by atoms with van der Waals surface area (Å²) < 4.78 is 52.6. The number of rotatable bonds is 4. The molecule has 0 N–H and O–H groups in total. The molecule has 0 aliphatic heterocycles. The second-order valence-electron chi connectivity index (χ2n) is 6.08. The number of aromatic nitrogens is 2. The van der Waals surface area contributed by atoms with Crippen LogP contribution in [-0.4, -0.2) is 9.97 Å². The molecule has 0 bridgehead atoms. The lowest BCUT2D eigenvalue weighted by molar-refractivity contribution is 0.621. The van der Waals surface area contributed by atoms with Gasteiger partial charge in [0.15, 0.2) is 0 Å². The second-order valence-corrected chi connectivity index (χ2v) is 6.08. The Morgan fingerprint density at radius 3 is 2.88 bits per heavy atom. The van der Waals surface area contributed by atoms with Crippen LogP contribution in [0.15, 0.2) is 53.1 Å². The number of para-hydroxylation sites is 1. The fourth-order valence-corrected chi connectivity index (χ4v) is 2.99. The van der Waals surface area contributed by atoms with Crippen molar-refractivity contribution in [1.82, 2.24) is 9.97 Å². The average Bonchev–Trinajstić information content (AvgIpc) is 3.04. The highest BCUT2D eigenvalue weighted by molar-refractivity contribution is 6.08. The van der Waals surface area contributed by atoms with Gasteiger partial charge in [-0.2, -0.15) is 0 Å². The summed E-state index contributed by atoms with van der Waals surface area (Å²) in [6.07, 6.45) is 0.0285. The first-order valence-corrected chi connectivity index (χ1v) is 8.15. The summed E-state index contributed by atoms with van der Waals surface area (Å²) in [7, 11) is 0. The monoisotopic (exact) mass is 336 g/mol. The molecule has 0 spiro atoms. The Morgan fingerprint density at radius 1 is 1.20 bits per heavy atom. The Bertz CT molecular complexity index is 1250. The summed E-state index contributed by atoms with van der Waals surface area (Å²) in [5.74, 6) is -1.65. The Labute approximate surface area is 156 Å². The zero-order valence-electron chi connectivity index (χ0n) is 20.1. The predicted octanol–water partition coefficient (Wildman–Crippen LogP) is 5.80. The van der Waals surface area contributed by atoms with Crippen molar-refractivity contribution in [2.24, 2.45) is 5.89 Å². The molecule has 4 rings (SSSR count). The van der Waals surface area contributed by atoms with Crippen molar-refractivity contribution in [2.75, 3.05) is 0 Å². The van der Waals surface area contributed by atoms with E-state index in [1.165, 1.54) is 20.0 Å². The van der Waals surface area contributed by atoms with Crippen LogP contribution >= 0.6 is 0 Å². The fourth-order valence-electron chi connectivity index (χ4n) is 2.99. The second kappa shape index (κ2) is 6.32. The van der Waals surface area contributed by atoms with E-state index in [1.54, 1.807) is 18.2 Å². The first kappa shape index (κ1) is 10.3. The minimum atomic E-state index is -2.42. The molecule has 3 aromatic heterocycles. The van der Waals surface area contributed by atoms with Gasteiger partial charge < -0.3 is 4.42 Å². The molecular formula is C22H22N2O. The van der Waals surface area contributed by atoms with E-state index in [0.29, 0.717) is 28.2 Å². The Kier molecular flexibility index (Phi) is 2.61. The molecule has 25 heavy (non-hydrogen) atoms. The van der Waals surface area contributed by atoms with Crippen LogP contribution in [0.5, 0.6) is 0 Å². The summed E-state index contributed by atoms with van der Waals surface area (Å²) in [4.78, 5) is 8.91. The van der Waals surface area contributed by atoms with E-state index < -0.39 is 19.1 Å². The first-order chi connectivity index (χ1) is 14.4. The maximum Gasteiger partial charge on any atom is 0.227 e. The molecule has 0 aliphatic rings. The molecule has 4 aromatic rings. The summed E-state index contributed by atoms with van der Waals surface area (Å²) >= 11 is 0. The molecule has 0 radical (unpaired) electrons. The zero-order valence-corrected chi connectivity index (χ0v) is 14.1. The Morgan fingerprint density at radius 2 is 2.12 bits per heavy atom. The van der Waals surface area contributed by atoms with E-state index in [-0.39, 0.29) is 6.42 Å². The number of pyridine rings is 2. The number of aryl methyl sites for hydroxylation is 1. The molecule has 126 valence electrons. The molecule has 3 nitrogen and oxygen atoms in total. The van der Waals surface area contributed by atoms with Crippen LogP contribution in [0.4, 0.5) is 0 Å². The maximum absolute atomic E-state index is 8.17. The van der Waals surface area contributed by atoms with Crippen LogP contribution in [0, 0.1) is 5.89 Å². The fraction of sp³-hybridized carbons (Fsp3) is 0.273. The zero-order chi connectivity index (χ0) is 22.6. The van der Waals surface area contributed by atoms with Crippen molar-refractivity contribution in [3.8, 4) is 11.3 Å². The van der Waals surface area contributed by atoms with E-state index >= 15 is 0 Å². The normalized spacial score (nSPS) is 18.6. The molecule has 3 heterocycles. The summed E-state index contributed by atoms with van der Waals surface area (Å²) in [5, 5.41) is 1.65. The highest BCUT2D eigenvalue weighted by atomic mass is 16.3. The SMILES string of the molecule is [2H]C([2H])(C)c1ccc(-c2cccc3c2oc2nc(CC([2H])(C)C([2H])([2H])[2H])ccc23)nc1. The van der Waals surface area contributed by atoms with Crippen molar-refractivity contribution in [3.63, 3.8) is 0 Å². The number of hydrogen-bond donors (Lipinski definition) is 0. The van der Waals surface area contributed by atoms with Gasteiger partial charge in [0.25, 0.3) is 0 Å². The summed E-state index contributed by atoms with van der Waals surface area (Å²) in [5.41, 5.74) is 3.36. The van der Waals surface area contributed by atoms with Crippen molar-refractivity contribution in [3.05, 3.63) is 59.9 Å². The van der Waals surface area contributed by atoms with Gasteiger partial charge in [-0.05, 0) is 48.5 Å². The van der Waals surface area contributed by atoms with E-state index in [0.717, 1.165) is 16.3 Å². The molecule has 0 aliphatic carbocycles. The van der Waals surface area contributed by atoms with Crippen molar-refractivity contribution in [1.29, 1.82) is 0 Å². The molecule has 0 fully saturated rings. The van der Waals surface area contributed by atoms with Crippen molar-refractivity contribution >= 4 is 22.1 Å². The number of nitrogens with zero attached hydrogens (tertiary/aromatic N) is 2. The smallest absolute Gasteiger partial charge is 0.227 e. The van der Waals surface area contributed by atoms with Crippen LogP contribution in [0.1, 0.15) is 40.2 Å². The van der Waals surface area contributed by atoms with Gasteiger partial charge in [-0.15, -0.1) is 0 Å². The van der Waals surface area contributed by atoms with Crippen LogP contribution < -0.4 is 0 Å². The third kappa shape index (κ3) is 2.91. The number of hydrogen-bond acceptors (Lipinski definition) is 3. The highest BCUT2D eigenvalue weighted by Crippen LogP contribution is 2.34. The number of benzene rings is 1. The molecule has 1 aromatic carbocycles. The van der Waals surface area contributed by atoms with Gasteiger partial charge in [-0.3, -0.25) is 4.98 Å². The standard InChI is InChI=1S/C22H22N2O/c1-4-15-8-11-20(23-13-15)19-7-5-6-17-18-10-9-16(12-14(2)3)24-22(18)25-21(17)19/h5-11,13-14H,4,12H2,1-3H3/i2D3,4D2,14D. The molecule has 0 saturated carbocycles. The third-order valence-electron chi connectivity index (χ3n) is 4.20. The average molecular weight is 336 g/mol. The number of furan rings is 1. The third-order valence-corrected chi connectivity index (χ3v) is 4.20. The van der Waals surface area contributed by atoms with Gasteiger partial charge in [0.2, 0.25) is 5.71 Å². The predicted molar refractivity (Wildman–Crippen MR) is 103 cm³/mol. The van der Waals surface area contributed by atoms with Crippen molar-refractivity contribution < 1.29 is 12.6 Å². The molecule has 1 atom stereocenters. The van der Waals surface area contributed by atoms with E-state index in [9.17, 15) is 0 Å². The topological polar surface area (TPSA) is 38.9 Å². The lowest BCUT2D eigenvalue weighted by Gasteiger charge is -2.03. The van der Waals surface area contributed by atoms with Gasteiger partial charge in [0, 0.05) is 36.5 Å². The molecule has 0 saturated heterocycles. The van der Waals surface area contributed by atoms with Gasteiger partial charge in [0.05, 0.1) is 5.69 Å². The Balaban J connectivity index is 1.78. The van der Waals surface area contributed by atoms with Gasteiger partial charge in [0.1, 0.15) is 5.58 Å². The van der Waals surface area contributed by atoms with Gasteiger partial charge in [-0.1, -0.05) is 38.9 Å². The maximum atomic E-state index is 8.17. The summed E-state index contributed by atoms with van der Waals surface area (Å²) in [6.45, 7) is 0.453. The van der Waals surface area contributed by atoms with E-state index in [2.05, 4.69) is 9.97 Å². The highest BCUT2D eigenvalue weighted by Gasteiger charge is 2.14. The quantitative estimate of drug-likeness (QED) is 0.472. The lowest BCUT2D eigenvalue weighted by Crippen LogP contribution is -1.96. The first-order valence-electron chi connectivity index (χ1n) is 11.1. The van der Waals surface area contributed by atoms with Crippen LogP contribution in [0.25, 0.3) is 33.3 Å².